The molecule has 1 unspecified atom stereocenters. The molecule has 0 aliphatic rings. The highest BCUT2D eigenvalue weighted by atomic mass is 35.5. The van der Waals surface area contributed by atoms with E-state index in [1.165, 1.54) is 0 Å². The zero-order valence-corrected chi connectivity index (χ0v) is 11.2. The summed E-state index contributed by atoms with van der Waals surface area (Å²) in [6.07, 6.45) is 1.79. The molecule has 0 amide bonds. The number of aliphatic hydroxyl groups is 1. The van der Waals surface area contributed by atoms with Crippen LogP contribution in [0.15, 0.2) is 24.4 Å². The maximum atomic E-state index is 10.4. The van der Waals surface area contributed by atoms with Crippen LogP contribution < -0.4 is 0 Å². The maximum absolute atomic E-state index is 10.4. The van der Waals surface area contributed by atoms with Crippen molar-refractivity contribution in [2.24, 2.45) is 0 Å². The number of halogens is 1. The summed E-state index contributed by atoms with van der Waals surface area (Å²) < 4.78 is 1.73. The molecule has 0 aliphatic heterocycles. The van der Waals surface area contributed by atoms with Gasteiger partial charge in [-0.3, -0.25) is 0 Å². The Morgan fingerprint density at radius 3 is 2.94 bits per heavy atom. The third-order valence-electron chi connectivity index (χ3n) is 2.97. The molecule has 1 atom stereocenters. The monoisotopic (exact) mass is 265 g/mol. The first-order valence-corrected chi connectivity index (χ1v) is 6.34. The summed E-state index contributed by atoms with van der Waals surface area (Å²) in [7, 11) is 0. The van der Waals surface area contributed by atoms with Gasteiger partial charge in [-0.05, 0) is 30.5 Å². The zero-order valence-electron chi connectivity index (χ0n) is 10.5. The van der Waals surface area contributed by atoms with Crippen LogP contribution in [0.3, 0.4) is 0 Å². The average molecular weight is 266 g/mol. The molecule has 0 radical (unpaired) electrons. The summed E-state index contributed by atoms with van der Waals surface area (Å²) in [6, 6.07) is 5.52. The Kier molecular flexibility index (Phi) is 3.99. The van der Waals surface area contributed by atoms with Crippen LogP contribution in [0, 0.1) is 6.92 Å². The van der Waals surface area contributed by atoms with Gasteiger partial charge in [-0.15, -0.1) is 5.10 Å². The van der Waals surface area contributed by atoms with Gasteiger partial charge >= 0.3 is 0 Å². The first kappa shape index (κ1) is 13.1. The van der Waals surface area contributed by atoms with E-state index in [4.69, 9.17) is 11.6 Å². The van der Waals surface area contributed by atoms with Crippen molar-refractivity contribution in [3.05, 3.63) is 46.2 Å². The van der Waals surface area contributed by atoms with Crippen LogP contribution >= 0.6 is 11.6 Å². The van der Waals surface area contributed by atoms with Gasteiger partial charge in [0.2, 0.25) is 0 Å². The number of aliphatic hydroxyl groups excluding tert-OH is 1. The van der Waals surface area contributed by atoms with Crippen molar-refractivity contribution in [1.29, 1.82) is 0 Å². The van der Waals surface area contributed by atoms with Gasteiger partial charge in [0.05, 0.1) is 11.9 Å². The summed E-state index contributed by atoms with van der Waals surface area (Å²) in [6.45, 7) is 4.70. The lowest BCUT2D eigenvalue weighted by atomic mass is 10.0. The minimum absolute atomic E-state index is 0.654. The van der Waals surface area contributed by atoms with Gasteiger partial charge in [0.25, 0.3) is 0 Å². The molecule has 0 saturated carbocycles. The second kappa shape index (κ2) is 5.50. The fraction of sp³-hybridized carbons (Fsp3) is 0.385. The summed E-state index contributed by atoms with van der Waals surface area (Å²) in [5, 5.41) is 18.9. The molecule has 0 fully saturated rings. The molecule has 4 nitrogen and oxygen atoms in total. The fourth-order valence-electron chi connectivity index (χ4n) is 1.94. The fourth-order valence-corrected chi connectivity index (χ4v) is 2.12. The molecule has 18 heavy (non-hydrogen) atoms. The molecule has 1 heterocycles. The summed E-state index contributed by atoms with van der Waals surface area (Å²) in [4.78, 5) is 0. The first-order chi connectivity index (χ1) is 8.65. The maximum Gasteiger partial charge on any atom is 0.123 e. The molecule has 96 valence electrons. The van der Waals surface area contributed by atoms with Crippen LogP contribution in [0.5, 0.6) is 0 Å². The van der Waals surface area contributed by atoms with E-state index in [1.807, 2.05) is 25.1 Å². The normalized spacial score (nSPS) is 12.7. The molecular formula is C13H16ClN3O. The average Bonchev–Trinajstić information content (AvgIpc) is 2.80. The molecule has 2 aromatic rings. The Morgan fingerprint density at radius 2 is 2.22 bits per heavy atom. The Labute approximate surface area is 111 Å². The van der Waals surface area contributed by atoms with Crippen LogP contribution in [-0.4, -0.2) is 20.1 Å². The predicted molar refractivity (Wildman–Crippen MR) is 70.6 cm³/mol. The van der Waals surface area contributed by atoms with E-state index in [9.17, 15) is 5.11 Å². The van der Waals surface area contributed by atoms with E-state index < -0.39 is 6.10 Å². The third kappa shape index (κ3) is 2.40. The number of rotatable bonds is 4. The summed E-state index contributed by atoms with van der Waals surface area (Å²) in [5.74, 6) is 0. The number of aromatic nitrogens is 3. The standard InChI is InChI=1S/C13H16ClN3O/c1-3-7-17-12(8-15-16-17)13(18)10-5-4-6-11(14)9(10)2/h4-6,8,13,18H,3,7H2,1-2H3. The summed E-state index contributed by atoms with van der Waals surface area (Å²) in [5.41, 5.74) is 2.38. The lowest BCUT2D eigenvalue weighted by molar-refractivity contribution is 0.206. The van der Waals surface area contributed by atoms with Crippen molar-refractivity contribution >= 4 is 11.6 Å². The number of hydrogen-bond donors (Lipinski definition) is 1. The van der Waals surface area contributed by atoms with Crippen LogP contribution in [0.1, 0.15) is 36.3 Å². The van der Waals surface area contributed by atoms with Gasteiger partial charge in [-0.1, -0.05) is 35.9 Å². The van der Waals surface area contributed by atoms with Gasteiger partial charge in [-0.25, -0.2) is 4.68 Å². The van der Waals surface area contributed by atoms with E-state index in [0.717, 1.165) is 24.1 Å². The van der Waals surface area contributed by atoms with E-state index >= 15 is 0 Å². The molecule has 1 aromatic heterocycles. The van der Waals surface area contributed by atoms with Crippen molar-refractivity contribution in [3.63, 3.8) is 0 Å². The second-order valence-electron chi connectivity index (χ2n) is 4.24. The van der Waals surface area contributed by atoms with Gasteiger partial charge in [0.15, 0.2) is 0 Å². The first-order valence-electron chi connectivity index (χ1n) is 5.96. The van der Waals surface area contributed by atoms with Crippen LogP contribution in [0.4, 0.5) is 0 Å². The van der Waals surface area contributed by atoms with E-state index in [-0.39, 0.29) is 0 Å². The van der Waals surface area contributed by atoms with Gasteiger partial charge in [-0.2, -0.15) is 0 Å². The van der Waals surface area contributed by atoms with E-state index in [0.29, 0.717) is 10.7 Å². The molecule has 1 aromatic carbocycles. The topological polar surface area (TPSA) is 50.9 Å². The van der Waals surface area contributed by atoms with E-state index in [2.05, 4.69) is 17.2 Å². The van der Waals surface area contributed by atoms with Gasteiger partial charge < -0.3 is 5.11 Å². The smallest absolute Gasteiger partial charge is 0.123 e. The number of hydrogen-bond acceptors (Lipinski definition) is 3. The Balaban J connectivity index is 2.38. The van der Waals surface area contributed by atoms with Crippen molar-refractivity contribution < 1.29 is 5.11 Å². The largest absolute Gasteiger partial charge is 0.382 e. The lowest BCUT2D eigenvalue weighted by Crippen LogP contribution is -2.11. The van der Waals surface area contributed by atoms with E-state index in [1.54, 1.807) is 10.9 Å². The SMILES string of the molecule is CCCn1nncc1C(O)c1cccc(Cl)c1C. The number of aryl methyl sites for hydroxylation is 1. The highest BCUT2D eigenvalue weighted by Crippen LogP contribution is 2.28. The number of nitrogens with zero attached hydrogens (tertiary/aromatic N) is 3. The minimum Gasteiger partial charge on any atom is -0.382 e. The molecular weight excluding hydrogens is 250 g/mol. The Morgan fingerprint density at radius 1 is 1.44 bits per heavy atom. The predicted octanol–water partition coefficient (Wildman–Crippen LogP) is 2.73. The molecule has 0 bridgehead atoms. The molecule has 2 rings (SSSR count). The Hall–Kier alpha value is -1.39. The van der Waals surface area contributed by atoms with Crippen molar-refractivity contribution in [2.75, 3.05) is 0 Å². The van der Waals surface area contributed by atoms with Crippen LogP contribution in [-0.2, 0) is 6.54 Å². The zero-order chi connectivity index (χ0) is 13.1. The molecule has 1 N–H and O–H groups in total. The van der Waals surface area contributed by atoms with Crippen LogP contribution in [0.25, 0.3) is 0 Å². The minimum atomic E-state index is -0.745. The van der Waals surface area contributed by atoms with Crippen molar-refractivity contribution in [3.8, 4) is 0 Å². The quantitative estimate of drug-likeness (QED) is 0.925. The molecule has 5 heteroatoms. The molecule has 0 saturated heterocycles. The van der Waals surface area contributed by atoms with Gasteiger partial charge in [0.1, 0.15) is 6.10 Å². The van der Waals surface area contributed by atoms with Crippen LogP contribution in [0.2, 0.25) is 5.02 Å². The summed E-state index contributed by atoms with van der Waals surface area (Å²) >= 11 is 6.07. The van der Waals surface area contributed by atoms with Crippen molar-refractivity contribution in [2.45, 2.75) is 32.9 Å². The molecule has 0 aliphatic carbocycles. The van der Waals surface area contributed by atoms with Gasteiger partial charge in [0, 0.05) is 11.6 Å². The van der Waals surface area contributed by atoms with Crippen molar-refractivity contribution in [1.82, 2.24) is 15.0 Å². The highest BCUT2D eigenvalue weighted by molar-refractivity contribution is 6.31. The molecule has 0 spiro atoms. The highest BCUT2D eigenvalue weighted by Gasteiger charge is 2.18. The lowest BCUT2D eigenvalue weighted by Gasteiger charge is -2.15. The third-order valence-corrected chi connectivity index (χ3v) is 3.38. The number of benzene rings is 1. The second-order valence-corrected chi connectivity index (χ2v) is 4.65. The Bertz CT molecular complexity index is 539.